The minimum absolute atomic E-state index is 0.618. The van der Waals surface area contributed by atoms with Crippen molar-refractivity contribution in [3.05, 3.63) is 29.8 Å². The average molecular weight is 228 g/mol. The van der Waals surface area contributed by atoms with Crippen LogP contribution in [0.5, 0.6) is 0 Å². The number of rotatable bonds is 3. The van der Waals surface area contributed by atoms with Gasteiger partial charge in [-0.25, -0.2) is 0 Å². The molecule has 0 N–H and O–H groups in total. The molecule has 66 valence electrons. The Balaban J connectivity index is 2.82. The summed E-state index contributed by atoms with van der Waals surface area (Å²) in [6.07, 6.45) is 0. The van der Waals surface area contributed by atoms with Crippen LogP contribution in [0.2, 0.25) is 5.82 Å². The van der Waals surface area contributed by atoms with Crippen molar-refractivity contribution in [3.8, 4) is 0 Å². The average Bonchev–Trinajstić information content (AvgIpc) is 2.04. The molecule has 1 aromatic carbocycles. The summed E-state index contributed by atoms with van der Waals surface area (Å²) in [6, 6.07) is 8.70. The first-order valence-corrected chi connectivity index (χ1v) is 6.57. The van der Waals surface area contributed by atoms with Crippen LogP contribution in [0.3, 0.4) is 0 Å². The molecular weight excluding hydrogens is 213 g/mol. The maximum atomic E-state index is 2.27. The Morgan fingerprint density at radius 3 is 2.50 bits per heavy atom. The molecule has 0 saturated carbocycles. The molecule has 0 radical (unpaired) electrons. The van der Waals surface area contributed by atoms with Gasteiger partial charge in [-0.3, -0.25) is 0 Å². The fourth-order valence-corrected chi connectivity index (χ4v) is 2.45. The van der Waals surface area contributed by atoms with E-state index in [0.29, 0.717) is 15.0 Å². The molecule has 0 heterocycles. The van der Waals surface area contributed by atoms with Crippen molar-refractivity contribution in [1.29, 1.82) is 0 Å². The van der Waals surface area contributed by atoms with Gasteiger partial charge in [-0.15, -0.1) is 0 Å². The van der Waals surface area contributed by atoms with Crippen molar-refractivity contribution in [2.75, 3.05) is 14.1 Å². The monoisotopic (exact) mass is 229 g/mol. The van der Waals surface area contributed by atoms with Crippen LogP contribution in [0.25, 0.3) is 0 Å². The Morgan fingerprint density at radius 1 is 1.25 bits per heavy atom. The van der Waals surface area contributed by atoms with Gasteiger partial charge in [0.25, 0.3) is 0 Å². The summed E-state index contributed by atoms with van der Waals surface area (Å²) < 4.78 is 1.53. The quantitative estimate of drug-likeness (QED) is 0.701. The molecule has 0 aliphatic heterocycles. The van der Waals surface area contributed by atoms with Crippen molar-refractivity contribution in [2.24, 2.45) is 0 Å². The van der Waals surface area contributed by atoms with Gasteiger partial charge in [-0.2, -0.15) is 0 Å². The second-order valence-electron chi connectivity index (χ2n) is 3.05. The standard InChI is InChI=1S/C10H15NSe/c1-11(2)8-9-6-4-5-7-10(9)12-3/h4-7H,8H2,1-3H3. The minimum atomic E-state index is 0.618. The Hall–Kier alpha value is -0.301. The van der Waals surface area contributed by atoms with E-state index in [4.69, 9.17) is 0 Å². The SMILES string of the molecule is C[Se]c1ccccc1CN(C)C. The molecule has 0 amide bonds. The summed E-state index contributed by atoms with van der Waals surface area (Å²) in [5.41, 5.74) is 1.48. The maximum absolute atomic E-state index is 2.27. The number of hydrogen-bond donors (Lipinski definition) is 0. The Bertz CT molecular complexity index is 245. The summed E-state index contributed by atoms with van der Waals surface area (Å²) >= 11 is 0.618. The van der Waals surface area contributed by atoms with E-state index in [0.717, 1.165) is 6.54 Å². The van der Waals surface area contributed by atoms with Crippen molar-refractivity contribution < 1.29 is 0 Å². The van der Waals surface area contributed by atoms with E-state index in [9.17, 15) is 0 Å². The Morgan fingerprint density at radius 2 is 1.92 bits per heavy atom. The molecule has 0 unspecified atom stereocenters. The molecule has 1 aromatic rings. The predicted octanol–water partition coefficient (Wildman–Crippen LogP) is 1.13. The van der Waals surface area contributed by atoms with E-state index in [2.05, 4.69) is 49.1 Å². The first-order chi connectivity index (χ1) is 5.74. The second-order valence-corrected chi connectivity index (χ2v) is 4.83. The van der Waals surface area contributed by atoms with E-state index in [1.807, 2.05) is 0 Å². The van der Waals surface area contributed by atoms with E-state index >= 15 is 0 Å². The fraction of sp³-hybridized carbons (Fsp3) is 0.400. The molecule has 2 heteroatoms. The molecule has 1 nitrogen and oxygen atoms in total. The topological polar surface area (TPSA) is 3.24 Å². The first kappa shape index (κ1) is 9.78. The summed E-state index contributed by atoms with van der Waals surface area (Å²) in [6.45, 7) is 1.06. The number of nitrogens with zero attached hydrogens (tertiary/aromatic N) is 1. The van der Waals surface area contributed by atoms with Crippen molar-refractivity contribution >= 4 is 19.4 Å². The van der Waals surface area contributed by atoms with Crippen LogP contribution in [0.4, 0.5) is 0 Å². The van der Waals surface area contributed by atoms with Gasteiger partial charge in [0.1, 0.15) is 0 Å². The molecule has 0 aromatic heterocycles. The van der Waals surface area contributed by atoms with Gasteiger partial charge in [0.05, 0.1) is 0 Å². The van der Waals surface area contributed by atoms with E-state index in [1.165, 1.54) is 10.0 Å². The molecule has 0 bridgehead atoms. The number of benzene rings is 1. The third-order valence-electron chi connectivity index (χ3n) is 1.68. The van der Waals surface area contributed by atoms with Gasteiger partial charge in [0.15, 0.2) is 0 Å². The zero-order chi connectivity index (χ0) is 8.97. The van der Waals surface area contributed by atoms with Crippen LogP contribution in [-0.4, -0.2) is 34.0 Å². The Kier molecular flexibility index (Phi) is 3.80. The van der Waals surface area contributed by atoms with Crippen LogP contribution in [0.1, 0.15) is 5.56 Å². The van der Waals surface area contributed by atoms with Crippen LogP contribution < -0.4 is 4.46 Å². The third-order valence-corrected chi connectivity index (χ3v) is 3.44. The van der Waals surface area contributed by atoms with Crippen molar-refractivity contribution in [1.82, 2.24) is 4.90 Å². The van der Waals surface area contributed by atoms with Crippen molar-refractivity contribution in [2.45, 2.75) is 12.4 Å². The van der Waals surface area contributed by atoms with Crippen LogP contribution >= 0.6 is 0 Å². The van der Waals surface area contributed by atoms with Crippen molar-refractivity contribution in [3.63, 3.8) is 0 Å². The van der Waals surface area contributed by atoms with E-state index in [-0.39, 0.29) is 0 Å². The molecule has 0 spiro atoms. The molecule has 0 aliphatic carbocycles. The predicted molar refractivity (Wildman–Crippen MR) is 55.1 cm³/mol. The molecule has 0 atom stereocenters. The molecule has 1 rings (SSSR count). The fourth-order valence-electron chi connectivity index (χ4n) is 1.17. The van der Waals surface area contributed by atoms with Gasteiger partial charge in [-0.05, 0) is 0 Å². The normalized spacial score (nSPS) is 10.7. The van der Waals surface area contributed by atoms with Crippen LogP contribution in [0.15, 0.2) is 24.3 Å². The zero-order valence-corrected chi connectivity index (χ0v) is 9.59. The summed E-state index contributed by atoms with van der Waals surface area (Å²) in [5.74, 6) is 2.27. The van der Waals surface area contributed by atoms with Gasteiger partial charge in [-0.1, -0.05) is 0 Å². The van der Waals surface area contributed by atoms with Gasteiger partial charge >= 0.3 is 80.6 Å². The molecule has 0 saturated heterocycles. The van der Waals surface area contributed by atoms with Gasteiger partial charge in [0.2, 0.25) is 0 Å². The second kappa shape index (κ2) is 4.66. The Labute approximate surface area is 80.9 Å². The number of hydrogen-bond acceptors (Lipinski definition) is 1. The first-order valence-electron chi connectivity index (χ1n) is 4.00. The molecule has 0 aliphatic rings. The van der Waals surface area contributed by atoms with Gasteiger partial charge < -0.3 is 0 Å². The zero-order valence-electron chi connectivity index (χ0n) is 7.87. The molecular formula is C10H15NSe. The summed E-state index contributed by atoms with van der Waals surface area (Å²) in [5, 5.41) is 0. The third kappa shape index (κ3) is 2.63. The van der Waals surface area contributed by atoms with Gasteiger partial charge in [0, 0.05) is 0 Å². The summed E-state index contributed by atoms with van der Waals surface area (Å²) in [4.78, 5) is 2.21. The van der Waals surface area contributed by atoms with Crippen LogP contribution in [-0.2, 0) is 6.54 Å². The molecule has 0 fully saturated rings. The summed E-state index contributed by atoms with van der Waals surface area (Å²) in [7, 11) is 4.22. The van der Waals surface area contributed by atoms with E-state index < -0.39 is 0 Å². The van der Waals surface area contributed by atoms with E-state index in [1.54, 1.807) is 0 Å². The molecule has 12 heavy (non-hydrogen) atoms. The van der Waals surface area contributed by atoms with Crippen LogP contribution in [0, 0.1) is 0 Å².